The van der Waals surface area contributed by atoms with Gasteiger partial charge in [0.2, 0.25) is 0 Å². The number of hydrogen-bond donors (Lipinski definition) is 3. The molecule has 168 valence electrons. The number of hydrogen-bond acceptors (Lipinski definition) is 4. The van der Waals surface area contributed by atoms with E-state index in [9.17, 15) is 14.7 Å². The number of benzene rings is 2. The Hall–Kier alpha value is -3.25. The SMILES string of the molecule is Cc1nc(C(C)(C)C)[nH]c(=O)c1C(=O)NCC(C)(O)C(c1ccccc1)c1ccccc1. The van der Waals surface area contributed by atoms with Gasteiger partial charge in [0.15, 0.2) is 0 Å². The molecule has 0 aliphatic carbocycles. The van der Waals surface area contributed by atoms with E-state index in [2.05, 4.69) is 15.3 Å². The average molecular weight is 434 g/mol. The molecule has 3 rings (SSSR count). The van der Waals surface area contributed by atoms with Gasteiger partial charge in [0.1, 0.15) is 11.4 Å². The summed E-state index contributed by atoms with van der Waals surface area (Å²) in [5.41, 5.74) is 0.0516. The van der Waals surface area contributed by atoms with Crippen LogP contribution in [-0.2, 0) is 5.41 Å². The second kappa shape index (κ2) is 9.09. The Bertz CT molecular complexity index is 1090. The zero-order chi connectivity index (χ0) is 23.5. The van der Waals surface area contributed by atoms with Gasteiger partial charge in [-0.2, -0.15) is 0 Å². The normalized spacial score (nSPS) is 13.6. The van der Waals surface area contributed by atoms with Crippen LogP contribution in [0.4, 0.5) is 0 Å². The standard InChI is InChI=1S/C26H31N3O3/c1-17-20(23(31)29-24(28-17)25(2,3)4)22(30)27-16-26(5,32)21(18-12-8-6-9-13-18)19-14-10-7-11-15-19/h6-15,21,32H,16H2,1-5H3,(H,27,30)(H,28,29,31). The van der Waals surface area contributed by atoms with Gasteiger partial charge in [0, 0.05) is 17.9 Å². The molecule has 3 N–H and O–H groups in total. The van der Waals surface area contributed by atoms with E-state index in [-0.39, 0.29) is 23.4 Å². The number of rotatable bonds is 6. The third-order valence-electron chi connectivity index (χ3n) is 5.53. The number of carbonyl (C=O) groups is 1. The van der Waals surface area contributed by atoms with Crippen LogP contribution in [0.2, 0.25) is 0 Å². The lowest BCUT2D eigenvalue weighted by Gasteiger charge is -2.34. The van der Waals surface area contributed by atoms with Crippen LogP contribution < -0.4 is 10.9 Å². The Balaban J connectivity index is 1.87. The first-order valence-corrected chi connectivity index (χ1v) is 10.7. The number of aromatic amines is 1. The predicted octanol–water partition coefficient (Wildman–Crippen LogP) is 3.69. The first kappa shape index (κ1) is 23.4. The van der Waals surface area contributed by atoms with Crippen molar-refractivity contribution in [3.8, 4) is 0 Å². The Kier molecular flexibility index (Phi) is 6.65. The second-order valence-corrected chi connectivity index (χ2v) is 9.42. The van der Waals surface area contributed by atoms with Crippen LogP contribution in [0.3, 0.4) is 0 Å². The Morgan fingerprint density at radius 1 is 1.00 bits per heavy atom. The molecule has 0 aliphatic rings. The zero-order valence-corrected chi connectivity index (χ0v) is 19.3. The summed E-state index contributed by atoms with van der Waals surface area (Å²) < 4.78 is 0. The summed E-state index contributed by atoms with van der Waals surface area (Å²) in [5.74, 6) is -0.403. The molecule has 1 aromatic heterocycles. The van der Waals surface area contributed by atoms with Crippen LogP contribution >= 0.6 is 0 Å². The van der Waals surface area contributed by atoms with Crippen molar-refractivity contribution in [3.05, 3.63) is 99.2 Å². The Labute approximate surface area is 188 Å². The van der Waals surface area contributed by atoms with Gasteiger partial charge >= 0.3 is 0 Å². The molecule has 0 bridgehead atoms. The van der Waals surface area contributed by atoms with Crippen molar-refractivity contribution in [1.82, 2.24) is 15.3 Å². The first-order chi connectivity index (χ1) is 15.0. The number of nitrogens with zero attached hydrogens (tertiary/aromatic N) is 1. The molecular weight excluding hydrogens is 402 g/mol. The molecule has 1 amide bonds. The lowest BCUT2D eigenvalue weighted by atomic mass is 9.78. The Morgan fingerprint density at radius 3 is 1.94 bits per heavy atom. The summed E-state index contributed by atoms with van der Waals surface area (Å²) >= 11 is 0. The van der Waals surface area contributed by atoms with Gasteiger partial charge in [0.05, 0.1) is 11.3 Å². The van der Waals surface area contributed by atoms with Crippen molar-refractivity contribution in [2.75, 3.05) is 6.54 Å². The highest BCUT2D eigenvalue weighted by molar-refractivity contribution is 5.94. The van der Waals surface area contributed by atoms with E-state index >= 15 is 0 Å². The number of H-pyrrole nitrogens is 1. The van der Waals surface area contributed by atoms with E-state index in [0.717, 1.165) is 11.1 Å². The molecule has 1 unspecified atom stereocenters. The minimum atomic E-state index is -1.31. The highest BCUT2D eigenvalue weighted by Crippen LogP contribution is 2.34. The highest BCUT2D eigenvalue weighted by Gasteiger charge is 2.35. The third-order valence-corrected chi connectivity index (χ3v) is 5.53. The molecule has 6 heteroatoms. The number of aliphatic hydroxyl groups is 1. The van der Waals surface area contributed by atoms with Crippen LogP contribution in [-0.4, -0.2) is 33.1 Å². The molecule has 1 heterocycles. The maximum Gasteiger partial charge on any atom is 0.264 e. The van der Waals surface area contributed by atoms with Crippen molar-refractivity contribution in [2.24, 2.45) is 0 Å². The van der Waals surface area contributed by atoms with Crippen LogP contribution in [0.15, 0.2) is 65.5 Å². The Morgan fingerprint density at radius 2 is 1.50 bits per heavy atom. The maximum atomic E-state index is 12.9. The summed E-state index contributed by atoms with van der Waals surface area (Å²) in [6.45, 7) is 9.11. The topological polar surface area (TPSA) is 95.1 Å². The molecule has 0 saturated carbocycles. The van der Waals surface area contributed by atoms with Crippen molar-refractivity contribution in [2.45, 2.75) is 51.6 Å². The molecule has 1 atom stereocenters. The molecule has 0 aliphatic heterocycles. The minimum Gasteiger partial charge on any atom is -0.387 e. The van der Waals surface area contributed by atoms with E-state index in [1.54, 1.807) is 13.8 Å². The van der Waals surface area contributed by atoms with Crippen LogP contribution in [0.25, 0.3) is 0 Å². The third kappa shape index (κ3) is 5.14. The van der Waals surface area contributed by atoms with Crippen LogP contribution in [0.5, 0.6) is 0 Å². The van der Waals surface area contributed by atoms with Crippen molar-refractivity contribution in [3.63, 3.8) is 0 Å². The van der Waals surface area contributed by atoms with E-state index in [0.29, 0.717) is 11.5 Å². The summed E-state index contributed by atoms with van der Waals surface area (Å²) in [6, 6.07) is 19.4. The van der Waals surface area contributed by atoms with Crippen molar-refractivity contribution >= 4 is 5.91 Å². The van der Waals surface area contributed by atoms with Gasteiger partial charge in [-0.1, -0.05) is 81.4 Å². The number of aromatic nitrogens is 2. The zero-order valence-electron chi connectivity index (χ0n) is 19.3. The summed E-state index contributed by atoms with van der Waals surface area (Å²) in [5, 5.41) is 14.2. The molecule has 0 saturated heterocycles. The molecule has 32 heavy (non-hydrogen) atoms. The van der Waals surface area contributed by atoms with Gasteiger partial charge in [-0.25, -0.2) is 4.98 Å². The number of nitrogens with one attached hydrogen (secondary N) is 2. The fraction of sp³-hybridized carbons (Fsp3) is 0.346. The summed E-state index contributed by atoms with van der Waals surface area (Å²) in [7, 11) is 0. The molecular formula is C26H31N3O3. The van der Waals surface area contributed by atoms with Gasteiger partial charge in [0.25, 0.3) is 11.5 Å². The number of aryl methyl sites for hydroxylation is 1. The predicted molar refractivity (Wildman–Crippen MR) is 126 cm³/mol. The lowest BCUT2D eigenvalue weighted by Crippen LogP contribution is -2.46. The molecule has 2 aromatic carbocycles. The summed E-state index contributed by atoms with van der Waals surface area (Å²) in [4.78, 5) is 32.7. The van der Waals surface area contributed by atoms with Gasteiger partial charge < -0.3 is 15.4 Å². The van der Waals surface area contributed by atoms with E-state index in [1.807, 2.05) is 81.4 Å². The fourth-order valence-corrected chi connectivity index (χ4v) is 3.86. The fourth-order valence-electron chi connectivity index (χ4n) is 3.86. The van der Waals surface area contributed by atoms with Crippen molar-refractivity contribution in [1.29, 1.82) is 0 Å². The second-order valence-electron chi connectivity index (χ2n) is 9.42. The molecule has 6 nitrogen and oxygen atoms in total. The van der Waals surface area contributed by atoms with E-state index in [4.69, 9.17) is 0 Å². The molecule has 0 fully saturated rings. The maximum absolute atomic E-state index is 12.9. The first-order valence-electron chi connectivity index (χ1n) is 10.7. The van der Waals surface area contributed by atoms with Gasteiger partial charge in [-0.15, -0.1) is 0 Å². The van der Waals surface area contributed by atoms with Gasteiger partial charge in [-0.3, -0.25) is 9.59 Å². The molecule has 0 spiro atoms. The molecule has 0 radical (unpaired) electrons. The smallest absolute Gasteiger partial charge is 0.264 e. The molecule has 3 aromatic rings. The van der Waals surface area contributed by atoms with E-state index < -0.39 is 17.1 Å². The lowest BCUT2D eigenvalue weighted by molar-refractivity contribution is 0.0406. The largest absolute Gasteiger partial charge is 0.387 e. The highest BCUT2D eigenvalue weighted by atomic mass is 16.3. The number of amides is 1. The van der Waals surface area contributed by atoms with Crippen molar-refractivity contribution < 1.29 is 9.90 Å². The average Bonchev–Trinajstić information content (AvgIpc) is 2.73. The van der Waals surface area contributed by atoms with E-state index in [1.165, 1.54) is 0 Å². The summed E-state index contributed by atoms with van der Waals surface area (Å²) in [6.07, 6.45) is 0. The monoisotopic (exact) mass is 433 g/mol. The number of carbonyl (C=O) groups excluding carboxylic acids is 1. The van der Waals surface area contributed by atoms with Gasteiger partial charge in [-0.05, 0) is 25.0 Å². The van der Waals surface area contributed by atoms with Crippen LogP contribution in [0.1, 0.15) is 66.6 Å². The minimum absolute atomic E-state index is 0.0372. The quantitative estimate of drug-likeness (QED) is 0.553. The van der Waals surface area contributed by atoms with Crippen LogP contribution in [0, 0.1) is 6.92 Å².